The highest BCUT2D eigenvalue weighted by Gasteiger charge is 2.01. The van der Waals surface area contributed by atoms with Gasteiger partial charge in [0.05, 0.1) is 10.7 Å². The van der Waals surface area contributed by atoms with Crippen LogP contribution in [-0.2, 0) is 0 Å². The minimum absolute atomic E-state index is 0.561. The summed E-state index contributed by atoms with van der Waals surface area (Å²) in [5.74, 6) is 0.882. The molecule has 0 radical (unpaired) electrons. The van der Waals surface area contributed by atoms with Crippen molar-refractivity contribution in [3.63, 3.8) is 0 Å². The lowest BCUT2D eigenvalue weighted by Gasteiger charge is -2.11. The zero-order chi connectivity index (χ0) is 14.5. The first-order chi connectivity index (χ1) is 9.56. The number of benzene rings is 2. The first-order valence-corrected chi connectivity index (χ1v) is 7.21. The van der Waals surface area contributed by atoms with E-state index in [-0.39, 0.29) is 0 Å². The van der Waals surface area contributed by atoms with Gasteiger partial charge in [0.2, 0.25) is 0 Å². The molecule has 2 rings (SSSR count). The summed E-state index contributed by atoms with van der Waals surface area (Å²) in [6.07, 6.45) is 0. The van der Waals surface area contributed by atoms with Crippen molar-refractivity contribution in [1.29, 1.82) is 0 Å². The quantitative estimate of drug-likeness (QED) is 0.776. The molecule has 1 N–H and O–H groups in total. The van der Waals surface area contributed by atoms with E-state index in [0.29, 0.717) is 23.2 Å². The molecular weight excluding hydrogens is 293 g/mol. The Balaban J connectivity index is 1.84. The van der Waals surface area contributed by atoms with Gasteiger partial charge in [0, 0.05) is 11.6 Å². The SMILES string of the molecule is Cc1ccc(OCCNc2cc(Cl)ccc2Cl)cc1C. The molecule has 4 heteroatoms. The standard InChI is InChI=1S/C16H17Cl2NO/c1-11-3-5-14(9-12(11)2)20-8-7-19-16-10-13(17)4-6-15(16)18/h3-6,9-10,19H,7-8H2,1-2H3. The van der Waals surface area contributed by atoms with Gasteiger partial charge >= 0.3 is 0 Å². The second-order valence-corrected chi connectivity index (χ2v) is 5.49. The molecule has 0 spiro atoms. The maximum absolute atomic E-state index is 6.07. The van der Waals surface area contributed by atoms with Crippen LogP contribution in [0.1, 0.15) is 11.1 Å². The van der Waals surface area contributed by atoms with Crippen LogP contribution in [0.15, 0.2) is 36.4 Å². The highest BCUT2D eigenvalue weighted by molar-refractivity contribution is 6.35. The molecule has 106 valence electrons. The monoisotopic (exact) mass is 309 g/mol. The summed E-state index contributed by atoms with van der Waals surface area (Å²) in [5, 5.41) is 4.52. The van der Waals surface area contributed by atoms with E-state index < -0.39 is 0 Å². The van der Waals surface area contributed by atoms with E-state index in [4.69, 9.17) is 27.9 Å². The predicted octanol–water partition coefficient (Wildman–Crippen LogP) is 5.10. The van der Waals surface area contributed by atoms with E-state index >= 15 is 0 Å². The maximum atomic E-state index is 6.07. The molecule has 0 fully saturated rings. The van der Waals surface area contributed by atoms with Crippen LogP contribution in [0.5, 0.6) is 5.75 Å². The Morgan fingerprint density at radius 3 is 2.55 bits per heavy atom. The van der Waals surface area contributed by atoms with Gasteiger partial charge in [-0.25, -0.2) is 0 Å². The Bertz CT molecular complexity index is 599. The van der Waals surface area contributed by atoms with E-state index in [9.17, 15) is 0 Å². The average Bonchev–Trinajstić information content (AvgIpc) is 2.42. The van der Waals surface area contributed by atoms with Crippen LogP contribution in [-0.4, -0.2) is 13.2 Å². The minimum atomic E-state index is 0.561. The molecule has 2 nitrogen and oxygen atoms in total. The Hall–Kier alpha value is -1.38. The molecule has 0 amide bonds. The lowest BCUT2D eigenvalue weighted by Crippen LogP contribution is -2.11. The van der Waals surface area contributed by atoms with Gasteiger partial charge in [-0.3, -0.25) is 0 Å². The van der Waals surface area contributed by atoms with E-state index in [1.54, 1.807) is 18.2 Å². The number of halogens is 2. The number of anilines is 1. The Morgan fingerprint density at radius 2 is 1.80 bits per heavy atom. The second-order valence-electron chi connectivity index (χ2n) is 4.65. The zero-order valence-corrected chi connectivity index (χ0v) is 13.1. The van der Waals surface area contributed by atoms with Crippen molar-refractivity contribution in [2.45, 2.75) is 13.8 Å². The van der Waals surface area contributed by atoms with Gasteiger partial charge in [0.15, 0.2) is 0 Å². The Kier molecular flexibility index (Phi) is 5.16. The predicted molar refractivity (Wildman–Crippen MR) is 86.4 cm³/mol. The topological polar surface area (TPSA) is 21.3 Å². The fourth-order valence-electron chi connectivity index (χ4n) is 1.79. The first-order valence-electron chi connectivity index (χ1n) is 6.45. The number of aryl methyl sites for hydroxylation is 2. The van der Waals surface area contributed by atoms with Crippen LogP contribution in [0.3, 0.4) is 0 Å². The summed E-state index contributed by atoms with van der Waals surface area (Å²) in [7, 11) is 0. The molecule has 0 aromatic heterocycles. The summed E-state index contributed by atoms with van der Waals surface area (Å²) in [5.41, 5.74) is 3.32. The molecule has 0 saturated heterocycles. The van der Waals surface area contributed by atoms with Crippen LogP contribution >= 0.6 is 23.2 Å². The van der Waals surface area contributed by atoms with E-state index in [1.165, 1.54) is 11.1 Å². The maximum Gasteiger partial charge on any atom is 0.119 e. The van der Waals surface area contributed by atoms with E-state index in [1.807, 2.05) is 12.1 Å². The molecule has 0 aliphatic carbocycles. The van der Waals surface area contributed by atoms with Gasteiger partial charge in [0.25, 0.3) is 0 Å². The third-order valence-corrected chi connectivity index (χ3v) is 3.66. The number of rotatable bonds is 5. The molecule has 2 aromatic carbocycles. The van der Waals surface area contributed by atoms with Gasteiger partial charge in [0.1, 0.15) is 12.4 Å². The van der Waals surface area contributed by atoms with E-state index in [0.717, 1.165) is 11.4 Å². The third kappa shape index (κ3) is 4.06. The summed E-state index contributed by atoms with van der Waals surface area (Å²) in [4.78, 5) is 0. The summed E-state index contributed by atoms with van der Waals surface area (Å²) in [6.45, 7) is 5.38. The van der Waals surface area contributed by atoms with Crippen molar-refractivity contribution in [2.75, 3.05) is 18.5 Å². The van der Waals surface area contributed by atoms with Crippen LogP contribution < -0.4 is 10.1 Å². The number of hydrogen-bond acceptors (Lipinski definition) is 2. The second kappa shape index (κ2) is 6.87. The van der Waals surface area contributed by atoms with Crippen molar-refractivity contribution in [3.05, 3.63) is 57.6 Å². The van der Waals surface area contributed by atoms with Crippen molar-refractivity contribution in [3.8, 4) is 5.75 Å². The molecule has 2 aromatic rings. The number of ether oxygens (including phenoxy) is 1. The third-order valence-electron chi connectivity index (χ3n) is 3.09. The Labute approximate surface area is 129 Å². The lowest BCUT2D eigenvalue weighted by molar-refractivity contribution is 0.332. The molecule has 20 heavy (non-hydrogen) atoms. The molecule has 0 bridgehead atoms. The van der Waals surface area contributed by atoms with Crippen molar-refractivity contribution in [1.82, 2.24) is 0 Å². The van der Waals surface area contributed by atoms with Gasteiger partial charge in [-0.2, -0.15) is 0 Å². The highest BCUT2D eigenvalue weighted by Crippen LogP contribution is 2.25. The van der Waals surface area contributed by atoms with Crippen LogP contribution in [0.2, 0.25) is 10.0 Å². The Morgan fingerprint density at radius 1 is 1.00 bits per heavy atom. The van der Waals surface area contributed by atoms with Crippen molar-refractivity contribution in [2.24, 2.45) is 0 Å². The van der Waals surface area contributed by atoms with Crippen LogP contribution in [0.4, 0.5) is 5.69 Å². The molecule has 0 saturated carbocycles. The van der Waals surface area contributed by atoms with Gasteiger partial charge in [-0.15, -0.1) is 0 Å². The summed E-state index contributed by atoms with van der Waals surface area (Å²) in [6, 6.07) is 11.4. The minimum Gasteiger partial charge on any atom is -0.492 e. The first kappa shape index (κ1) is 15.0. The number of hydrogen-bond donors (Lipinski definition) is 1. The average molecular weight is 310 g/mol. The van der Waals surface area contributed by atoms with Gasteiger partial charge < -0.3 is 10.1 Å². The van der Waals surface area contributed by atoms with Crippen LogP contribution in [0.25, 0.3) is 0 Å². The normalized spacial score (nSPS) is 10.4. The smallest absolute Gasteiger partial charge is 0.119 e. The molecule has 0 aliphatic rings. The van der Waals surface area contributed by atoms with Crippen LogP contribution in [0, 0.1) is 13.8 Å². The molecule has 0 aliphatic heterocycles. The highest BCUT2D eigenvalue weighted by atomic mass is 35.5. The van der Waals surface area contributed by atoms with Gasteiger partial charge in [-0.1, -0.05) is 29.3 Å². The van der Waals surface area contributed by atoms with Crippen molar-refractivity contribution >= 4 is 28.9 Å². The molecular formula is C16H17Cl2NO. The summed E-state index contributed by atoms with van der Waals surface area (Å²) < 4.78 is 5.70. The van der Waals surface area contributed by atoms with E-state index in [2.05, 4.69) is 25.2 Å². The largest absolute Gasteiger partial charge is 0.492 e. The number of nitrogens with one attached hydrogen (secondary N) is 1. The molecule has 0 heterocycles. The van der Waals surface area contributed by atoms with Gasteiger partial charge in [-0.05, 0) is 55.3 Å². The molecule has 0 unspecified atom stereocenters. The molecule has 0 atom stereocenters. The fraction of sp³-hybridized carbons (Fsp3) is 0.250. The lowest BCUT2D eigenvalue weighted by atomic mass is 10.1. The summed E-state index contributed by atoms with van der Waals surface area (Å²) >= 11 is 12.0. The fourth-order valence-corrected chi connectivity index (χ4v) is 2.15. The zero-order valence-electron chi connectivity index (χ0n) is 11.5. The van der Waals surface area contributed by atoms with Crippen molar-refractivity contribution < 1.29 is 4.74 Å².